The second kappa shape index (κ2) is 8.29. The highest BCUT2D eigenvalue weighted by Crippen LogP contribution is 2.20. The summed E-state index contributed by atoms with van der Waals surface area (Å²) in [5, 5.41) is 3.40. The highest BCUT2D eigenvalue weighted by molar-refractivity contribution is 7.89. The third-order valence-electron chi connectivity index (χ3n) is 3.64. The van der Waals surface area contributed by atoms with Gasteiger partial charge in [0.15, 0.2) is 5.03 Å². The van der Waals surface area contributed by atoms with Crippen molar-refractivity contribution in [3.8, 4) is 0 Å². The van der Waals surface area contributed by atoms with Crippen molar-refractivity contribution in [1.82, 2.24) is 19.2 Å². The number of rotatable bonds is 7. The lowest BCUT2D eigenvalue weighted by atomic mass is 10.2. The first kappa shape index (κ1) is 19.4. The van der Waals surface area contributed by atoms with Crippen LogP contribution in [0.4, 0.5) is 0 Å². The van der Waals surface area contributed by atoms with Crippen LogP contribution in [0.2, 0.25) is 0 Å². The van der Waals surface area contributed by atoms with E-state index < -0.39 is 10.0 Å². The van der Waals surface area contributed by atoms with Gasteiger partial charge in [-0.3, -0.25) is 0 Å². The van der Waals surface area contributed by atoms with E-state index in [2.05, 4.69) is 24.1 Å². The molecular formula is C14H27ClN4O2S. The van der Waals surface area contributed by atoms with Crippen molar-refractivity contribution >= 4 is 22.4 Å². The van der Waals surface area contributed by atoms with Crippen LogP contribution in [0.1, 0.15) is 33.6 Å². The Bertz CT molecular complexity index is 553. The molecule has 2 heterocycles. The van der Waals surface area contributed by atoms with Gasteiger partial charge in [0.05, 0.1) is 6.33 Å². The molecule has 1 aliphatic heterocycles. The predicted octanol–water partition coefficient (Wildman–Crippen LogP) is 1.72. The van der Waals surface area contributed by atoms with Gasteiger partial charge in [0.25, 0.3) is 10.0 Å². The minimum atomic E-state index is -3.50. The molecule has 0 aliphatic carbocycles. The van der Waals surface area contributed by atoms with Gasteiger partial charge in [-0.2, -0.15) is 4.31 Å². The Balaban J connectivity index is 0.00000242. The molecule has 128 valence electrons. The number of nitrogens with one attached hydrogen (secondary N) is 1. The fraction of sp³-hybridized carbons (Fsp3) is 0.786. The predicted molar refractivity (Wildman–Crippen MR) is 89.8 cm³/mol. The maximum Gasteiger partial charge on any atom is 0.262 e. The van der Waals surface area contributed by atoms with Crippen molar-refractivity contribution in [1.29, 1.82) is 0 Å². The lowest BCUT2D eigenvalue weighted by Crippen LogP contribution is -2.42. The molecule has 0 saturated carbocycles. The van der Waals surface area contributed by atoms with E-state index in [9.17, 15) is 8.42 Å². The van der Waals surface area contributed by atoms with Crippen molar-refractivity contribution in [2.45, 2.75) is 51.2 Å². The molecule has 6 nitrogen and oxygen atoms in total. The Hall–Kier alpha value is -0.630. The van der Waals surface area contributed by atoms with E-state index in [1.807, 2.05) is 11.5 Å². The van der Waals surface area contributed by atoms with E-state index >= 15 is 0 Å². The molecule has 2 rings (SSSR count). The normalized spacial score (nSPS) is 18.9. The maximum absolute atomic E-state index is 12.8. The molecule has 22 heavy (non-hydrogen) atoms. The number of hydrogen-bond donors (Lipinski definition) is 1. The van der Waals surface area contributed by atoms with E-state index in [1.165, 1.54) is 0 Å². The Morgan fingerprint density at radius 3 is 2.77 bits per heavy atom. The van der Waals surface area contributed by atoms with Crippen molar-refractivity contribution in [3.63, 3.8) is 0 Å². The van der Waals surface area contributed by atoms with Crippen molar-refractivity contribution < 1.29 is 8.42 Å². The molecule has 0 radical (unpaired) electrons. The third kappa shape index (κ3) is 4.44. The molecule has 1 unspecified atom stereocenters. The molecule has 1 aliphatic rings. The lowest BCUT2D eigenvalue weighted by molar-refractivity contribution is 0.334. The fourth-order valence-electron chi connectivity index (χ4n) is 2.72. The van der Waals surface area contributed by atoms with Gasteiger partial charge in [0.2, 0.25) is 0 Å². The number of imidazole rings is 1. The monoisotopic (exact) mass is 350 g/mol. The van der Waals surface area contributed by atoms with Gasteiger partial charge in [-0.15, -0.1) is 12.4 Å². The van der Waals surface area contributed by atoms with Crippen LogP contribution >= 0.6 is 12.4 Å². The summed E-state index contributed by atoms with van der Waals surface area (Å²) in [5.41, 5.74) is 0. The van der Waals surface area contributed by atoms with Crippen LogP contribution in [-0.4, -0.2) is 48.0 Å². The van der Waals surface area contributed by atoms with E-state index in [4.69, 9.17) is 0 Å². The molecule has 8 heteroatoms. The van der Waals surface area contributed by atoms with Gasteiger partial charge < -0.3 is 9.88 Å². The largest absolute Gasteiger partial charge is 0.336 e. The van der Waals surface area contributed by atoms with E-state index in [1.54, 1.807) is 16.8 Å². The average molecular weight is 351 g/mol. The first-order valence-corrected chi connectivity index (χ1v) is 9.13. The summed E-state index contributed by atoms with van der Waals surface area (Å²) < 4.78 is 29.1. The van der Waals surface area contributed by atoms with Crippen molar-refractivity contribution in [3.05, 3.63) is 12.5 Å². The Morgan fingerprint density at radius 1 is 1.50 bits per heavy atom. The summed E-state index contributed by atoms with van der Waals surface area (Å²) in [7, 11) is -3.50. The van der Waals surface area contributed by atoms with Gasteiger partial charge in [-0.25, -0.2) is 13.4 Å². The van der Waals surface area contributed by atoms with Crippen LogP contribution < -0.4 is 5.32 Å². The van der Waals surface area contributed by atoms with Crippen LogP contribution in [-0.2, 0) is 16.6 Å². The van der Waals surface area contributed by atoms with Gasteiger partial charge in [-0.05, 0) is 25.3 Å². The standard InChI is InChI=1S/C14H26N4O2S.ClH/c1-4-7-18(13-5-6-15-8-13)21(19,20)14-10-17(11-16-14)9-12(2)3;/h10-13,15H,4-9H2,1-3H3;1H. The molecule has 0 spiro atoms. The number of aromatic nitrogens is 2. The van der Waals surface area contributed by atoms with E-state index in [0.29, 0.717) is 12.5 Å². The van der Waals surface area contributed by atoms with E-state index in [-0.39, 0.29) is 23.5 Å². The molecular weight excluding hydrogens is 324 g/mol. The molecule has 1 aromatic heterocycles. The number of sulfonamides is 1. The van der Waals surface area contributed by atoms with Crippen molar-refractivity contribution in [2.75, 3.05) is 19.6 Å². The Kier molecular flexibility index (Phi) is 7.31. The lowest BCUT2D eigenvalue weighted by Gasteiger charge is -2.26. The van der Waals surface area contributed by atoms with Crippen LogP contribution in [0.3, 0.4) is 0 Å². The van der Waals surface area contributed by atoms with Crippen molar-refractivity contribution in [2.24, 2.45) is 5.92 Å². The van der Waals surface area contributed by atoms with Gasteiger partial charge in [0, 0.05) is 31.9 Å². The first-order valence-electron chi connectivity index (χ1n) is 7.69. The minimum Gasteiger partial charge on any atom is -0.336 e. The van der Waals surface area contributed by atoms with Crippen LogP contribution in [0.5, 0.6) is 0 Å². The molecule has 0 amide bonds. The molecule has 0 bridgehead atoms. The Labute approximate surface area is 139 Å². The summed E-state index contributed by atoms with van der Waals surface area (Å²) in [5.74, 6) is 0.459. The summed E-state index contributed by atoms with van der Waals surface area (Å²) in [4.78, 5) is 4.13. The highest BCUT2D eigenvalue weighted by atomic mass is 35.5. The van der Waals surface area contributed by atoms with Gasteiger partial charge in [0.1, 0.15) is 0 Å². The Morgan fingerprint density at radius 2 is 2.23 bits per heavy atom. The topological polar surface area (TPSA) is 67.2 Å². The highest BCUT2D eigenvalue weighted by Gasteiger charge is 2.33. The summed E-state index contributed by atoms with van der Waals surface area (Å²) in [6.45, 7) is 9.13. The zero-order chi connectivity index (χ0) is 15.5. The first-order chi connectivity index (χ1) is 9.95. The molecule has 1 N–H and O–H groups in total. The quantitative estimate of drug-likeness (QED) is 0.813. The molecule has 1 fully saturated rings. The minimum absolute atomic E-state index is 0. The zero-order valence-corrected chi connectivity index (χ0v) is 15.2. The molecule has 0 aromatic carbocycles. The van der Waals surface area contributed by atoms with E-state index in [0.717, 1.165) is 32.5 Å². The maximum atomic E-state index is 12.8. The number of hydrogen-bond acceptors (Lipinski definition) is 4. The molecule has 1 atom stereocenters. The number of halogens is 1. The smallest absolute Gasteiger partial charge is 0.262 e. The number of nitrogens with zero attached hydrogens (tertiary/aromatic N) is 3. The molecule has 1 aromatic rings. The van der Waals surface area contributed by atoms with Gasteiger partial charge in [-0.1, -0.05) is 20.8 Å². The summed E-state index contributed by atoms with van der Waals surface area (Å²) in [6.07, 6.45) is 4.94. The zero-order valence-electron chi connectivity index (χ0n) is 13.5. The third-order valence-corrected chi connectivity index (χ3v) is 5.48. The van der Waals surface area contributed by atoms with Gasteiger partial charge >= 0.3 is 0 Å². The molecule has 1 saturated heterocycles. The van der Waals surface area contributed by atoms with Crippen LogP contribution in [0.25, 0.3) is 0 Å². The fourth-order valence-corrected chi connectivity index (χ4v) is 4.40. The second-order valence-corrected chi connectivity index (χ2v) is 7.90. The average Bonchev–Trinajstić information content (AvgIpc) is 3.05. The van der Waals surface area contributed by atoms with Crippen LogP contribution in [0, 0.1) is 5.92 Å². The summed E-state index contributed by atoms with van der Waals surface area (Å²) >= 11 is 0. The van der Waals surface area contributed by atoms with Crippen LogP contribution in [0.15, 0.2) is 17.6 Å². The summed E-state index contributed by atoms with van der Waals surface area (Å²) in [6, 6.07) is 0.0465. The second-order valence-electron chi connectivity index (χ2n) is 6.06. The SMILES string of the molecule is CCCN(C1CCNC1)S(=O)(=O)c1cn(CC(C)C)cn1.Cl.